The highest BCUT2D eigenvalue weighted by Gasteiger charge is 2.10. The maximum absolute atomic E-state index is 11.1. The second kappa shape index (κ2) is 8.92. The molecule has 0 radical (unpaired) electrons. The highest BCUT2D eigenvalue weighted by molar-refractivity contribution is 7.99. The fraction of sp³-hybridized carbons (Fsp3) is 0.429. The Bertz CT molecular complexity index is 621. The Morgan fingerprint density at radius 2 is 2.22 bits per heavy atom. The van der Waals surface area contributed by atoms with E-state index in [0.29, 0.717) is 19.0 Å². The summed E-state index contributed by atoms with van der Waals surface area (Å²) in [6.45, 7) is 1.20. The predicted octanol–water partition coefficient (Wildman–Crippen LogP) is 2.28. The number of hydrogen-bond acceptors (Lipinski definition) is 8. The summed E-state index contributed by atoms with van der Waals surface area (Å²) in [5.74, 6) is 2.37. The topological polar surface area (TPSA) is 99.4 Å². The van der Waals surface area contributed by atoms with Crippen LogP contribution in [-0.2, 0) is 0 Å². The number of nitrogens with two attached hydrogens (primary N) is 1. The summed E-state index contributed by atoms with van der Waals surface area (Å²) in [7, 11) is 4.09. The molecule has 1 aromatic heterocycles. The zero-order chi connectivity index (χ0) is 16.7. The molecular formula is C14H21N5O2S2. The van der Waals surface area contributed by atoms with E-state index >= 15 is 0 Å². The molecule has 23 heavy (non-hydrogen) atoms. The Morgan fingerprint density at radius 3 is 2.91 bits per heavy atom. The number of nitrogens with zero attached hydrogens (tertiary/aromatic N) is 3. The zero-order valence-corrected chi connectivity index (χ0v) is 14.8. The van der Waals surface area contributed by atoms with Gasteiger partial charge in [-0.2, -0.15) is 0 Å². The third kappa shape index (κ3) is 6.22. The quantitative estimate of drug-likeness (QED) is 0.306. The van der Waals surface area contributed by atoms with Crippen molar-refractivity contribution in [2.45, 2.75) is 11.3 Å². The summed E-state index contributed by atoms with van der Waals surface area (Å²) >= 11 is 0.189. The van der Waals surface area contributed by atoms with Gasteiger partial charge in [0.05, 0.1) is 6.61 Å². The van der Waals surface area contributed by atoms with Gasteiger partial charge in [-0.1, -0.05) is 6.07 Å². The summed E-state index contributed by atoms with van der Waals surface area (Å²) < 4.78 is 24.2. The Hall–Kier alpha value is -1.55. The molecule has 126 valence electrons. The molecule has 1 unspecified atom stereocenters. The standard InChI is InChI=1S/C14H21N5O2S2/c1-19(2)10-22-12-6-3-5-11(9-12)21-8-4-7-16-14-13(15)17-23(20)18-14/h3,5-6,9H,4,7-8,10H2,1-2H3,(H2,15,17)(H,16,18). The van der Waals surface area contributed by atoms with Crippen LogP contribution in [0.3, 0.4) is 0 Å². The molecule has 0 spiro atoms. The van der Waals surface area contributed by atoms with Crippen LogP contribution >= 0.6 is 22.9 Å². The van der Waals surface area contributed by atoms with E-state index in [9.17, 15) is 4.55 Å². The Labute approximate surface area is 143 Å². The molecule has 0 saturated carbocycles. The fourth-order valence-electron chi connectivity index (χ4n) is 1.72. The van der Waals surface area contributed by atoms with Gasteiger partial charge in [0.25, 0.3) is 0 Å². The SMILES string of the molecule is CN(C)CSc1cccc(OCCCNc2n[s+]([O-])nc2N)c1. The number of rotatable bonds is 9. The fourth-order valence-corrected chi connectivity index (χ4v) is 3.11. The van der Waals surface area contributed by atoms with Crippen LogP contribution < -0.4 is 15.8 Å². The van der Waals surface area contributed by atoms with Gasteiger partial charge in [0.15, 0.2) is 11.1 Å². The van der Waals surface area contributed by atoms with E-state index in [2.05, 4.69) is 25.0 Å². The molecule has 2 rings (SSSR count). The van der Waals surface area contributed by atoms with Crippen molar-refractivity contribution in [3.8, 4) is 5.75 Å². The van der Waals surface area contributed by atoms with E-state index in [1.807, 2.05) is 32.3 Å². The summed E-state index contributed by atoms with van der Waals surface area (Å²) in [5, 5.41) is 3.00. The second-order valence-corrected chi connectivity index (χ2v) is 6.95. The molecule has 2 aromatic rings. The summed E-state index contributed by atoms with van der Waals surface area (Å²) in [4.78, 5) is 3.30. The molecule has 1 atom stereocenters. The zero-order valence-electron chi connectivity index (χ0n) is 13.2. The van der Waals surface area contributed by atoms with E-state index in [0.717, 1.165) is 18.0 Å². The van der Waals surface area contributed by atoms with E-state index in [1.54, 1.807) is 11.8 Å². The van der Waals surface area contributed by atoms with Gasteiger partial charge in [0.1, 0.15) is 5.75 Å². The molecule has 0 aliphatic rings. The van der Waals surface area contributed by atoms with Crippen LogP contribution in [-0.4, -0.2) is 51.3 Å². The largest absolute Gasteiger partial charge is 0.546 e. The lowest BCUT2D eigenvalue weighted by Crippen LogP contribution is -2.09. The molecule has 1 heterocycles. The maximum atomic E-state index is 11.1. The molecule has 0 aliphatic carbocycles. The first-order valence-corrected chi connectivity index (χ1v) is 9.19. The molecule has 0 bridgehead atoms. The van der Waals surface area contributed by atoms with Crippen LogP contribution in [0.2, 0.25) is 0 Å². The van der Waals surface area contributed by atoms with Crippen molar-refractivity contribution in [3.63, 3.8) is 0 Å². The van der Waals surface area contributed by atoms with Crippen molar-refractivity contribution < 1.29 is 9.29 Å². The van der Waals surface area contributed by atoms with E-state index < -0.39 is 11.1 Å². The smallest absolute Gasteiger partial charge is 0.232 e. The minimum Gasteiger partial charge on any atom is -0.546 e. The lowest BCUT2D eigenvalue weighted by molar-refractivity contribution is 0.314. The maximum Gasteiger partial charge on any atom is 0.232 e. The van der Waals surface area contributed by atoms with Crippen molar-refractivity contribution in [2.24, 2.45) is 0 Å². The molecule has 0 saturated heterocycles. The Morgan fingerprint density at radius 1 is 1.39 bits per heavy atom. The molecule has 3 N–H and O–H groups in total. The summed E-state index contributed by atoms with van der Waals surface area (Å²) in [6.07, 6.45) is 0.772. The summed E-state index contributed by atoms with van der Waals surface area (Å²) in [6, 6.07) is 8.05. The van der Waals surface area contributed by atoms with Gasteiger partial charge in [-0.15, -0.1) is 11.8 Å². The minimum atomic E-state index is -1.58. The predicted molar refractivity (Wildman–Crippen MR) is 94.6 cm³/mol. The number of thioether (sulfide) groups is 1. The number of nitrogens with one attached hydrogen (secondary N) is 1. The molecule has 7 nitrogen and oxygen atoms in total. The highest BCUT2D eigenvalue weighted by atomic mass is 32.2. The van der Waals surface area contributed by atoms with Crippen molar-refractivity contribution in [3.05, 3.63) is 24.3 Å². The Balaban J connectivity index is 1.69. The van der Waals surface area contributed by atoms with Crippen molar-refractivity contribution in [1.29, 1.82) is 0 Å². The van der Waals surface area contributed by atoms with Gasteiger partial charge < -0.3 is 20.3 Å². The Kier molecular flexibility index (Phi) is 6.90. The van der Waals surface area contributed by atoms with Gasteiger partial charge >= 0.3 is 0 Å². The monoisotopic (exact) mass is 355 g/mol. The van der Waals surface area contributed by atoms with Gasteiger partial charge in [-0.25, -0.2) is 0 Å². The van der Waals surface area contributed by atoms with Crippen LogP contribution in [0.5, 0.6) is 5.75 Å². The number of aromatic nitrogens is 2. The molecule has 0 amide bonds. The van der Waals surface area contributed by atoms with Crippen molar-refractivity contribution in [1.82, 2.24) is 13.6 Å². The van der Waals surface area contributed by atoms with Crippen LogP contribution in [0.15, 0.2) is 29.2 Å². The van der Waals surface area contributed by atoms with Crippen LogP contribution in [0.1, 0.15) is 6.42 Å². The van der Waals surface area contributed by atoms with Crippen LogP contribution in [0.25, 0.3) is 0 Å². The number of benzene rings is 1. The summed E-state index contributed by atoms with van der Waals surface area (Å²) in [5.41, 5.74) is 5.57. The second-order valence-electron chi connectivity index (χ2n) is 5.10. The van der Waals surface area contributed by atoms with Gasteiger partial charge in [-0.05, 0) is 38.7 Å². The molecule has 0 aliphatic heterocycles. The van der Waals surface area contributed by atoms with Gasteiger partial charge in [-0.3, -0.25) is 4.90 Å². The molecule has 1 aromatic carbocycles. The van der Waals surface area contributed by atoms with Crippen molar-refractivity contribution >= 4 is 34.5 Å². The van der Waals surface area contributed by atoms with Gasteiger partial charge in [0, 0.05) is 26.1 Å². The average Bonchev–Trinajstić information content (AvgIpc) is 2.83. The first-order valence-electron chi connectivity index (χ1n) is 7.14. The number of nitrogen functional groups attached to an aromatic ring is 1. The van der Waals surface area contributed by atoms with Crippen LogP contribution in [0, 0.1) is 0 Å². The van der Waals surface area contributed by atoms with E-state index in [1.165, 1.54) is 4.90 Å². The average molecular weight is 355 g/mol. The minimum absolute atomic E-state index is 0.190. The normalized spacial score (nSPS) is 11.7. The number of ether oxygens (including phenoxy) is 1. The van der Waals surface area contributed by atoms with Crippen molar-refractivity contribution in [2.75, 3.05) is 44.2 Å². The molecule has 9 heteroatoms. The lowest BCUT2D eigenvalue weighted by atomic mass is 10.3. The molecule has 0 fully saturated rings. The van der Waals surface area contributed by atoms with Gasteiger partial charge in [0.2, 0.25) is 11.6 Å². The number of anilines is 2. The highest BCUT2D eigenvalue weighted by Crippen LogP contribution is 2.23. The first-order chi connectivity index (χ1) is 11.0. The number of hydrogen-bond donors (Lipinski definition) is 2. The van der Waals surface area contributed by atoms with Crippen LogP contribution in [0.4, 0.5) is 11.6 Å². The van der Waals surface area contributed by atoms with E-state index in [4.69, 9.17) is 10.5 Å². The van der Waals surface area contributed by atoms with E-state index in [-0.39, 0.29) is 5.82 Å². The third-order valence-corrected chi connectivity index (χ3v) is 4.69. The lowest BCUT2D eigenvalue weighted by Gasteiger charge is -2.10. The molecular weight excluding hydrogens is 334 g/mol. The third-order valence-electron chi connectivity index (χ3n) is 2.77. The first kappa shape index (κ1) is 17.8.